The minimum Gasteiger partial charge on any atom is -0.495 e. The topological polar surface area (TPSA) is 107 Å². The fraction of sp³-hybridized carbons (Fsp3) is 0.385. The first-order valence-electron chi connectivity index (χ1n) is 5.91. The lowest BCUT2D eigenvalue weighted by molar-refractivity contribution is -0.118. The van der Waals surface area contributed by atoms with Crippen molar-refractivity contribution in [3.8, 4) is 5.75 Å². The van der Waals surface area contributed by atoms with E-state index in [1.807, 2.05) is 13.8 Å². The summed E-state index contributed by atoms with van der Waals surface area (Å²) >= 11 is 0. The normalized spacial score (nSPS) is 12.1. The average Bonchev–Trinajstić information content (AvgIpc) is 2.37. The molecule has 0 aliphatic carbocycles. The highest BCUT2D eigenvalue weighted by Crippen LogP contribution is 2.25. The maximum absolute atomic E-state index is 11.9. The molecule has 0 aliphatic heterocycles. The van der Waals surface area contributed by atoms with Gasteiger partial charge in [-0.1, -0.05) is 13.8 Å². The standard InChI is InChI=1S/C13H19N3O3/c1-7(2)11(14)13(18)16-9-6-8(12(15)17)4-5-10(9)19-3/h4-7,11H,14H2,1-3H3,(H2,15,17)(H,16,18)/t11-/m1/s1. The molecule has 6 nitrogen and oxygen atoms in total. The summed E-state index contributed by atoms with van der Waals surface area (Å²) in [5.41, 5.74) is 11.6. The number of nitrogens with one attached hydrogen (secondary N) is 1. The summed E-state index contributed by atoms with van der Waals surface area (Å²) in [5.74, 6) is -0.471. The summed E-state index contributed by atoms with van der Waals surface area (Å²) < 4.78 is 5.11. The lowest BCUT2D eigenvalue weighted by atomic mass is 10.0. The number of primary amides is 1. The number of methoxy groups -OCH3 is 1. The Labute approximate surface area is 112 Å². The number of rotatable bonds is 5. The second kappa shape index (κ2) is 6.19. The second-order valence-electron chi connectivity index (χ2n) is 4.54. The van der Waals surface area contributed by atoms with Gasteiger partial charge in [-0.05, 0) is 24.1 Å². The van der Waals surface area contributed by atoms with Crippen molar-refractivity contribution in [2.75, 3.05) is 12.4 Å². The van der Waals surface area contributed by atoms with Crippen LogP contribution in [0.3, 0.4) is 0 Å². The quantitative estimate of drug-likeness (QED) is 0.728. The molecule has 0 heterocycles. The number of carbonyl (C=O) groups is 2. The summed E-state index contributed by atoms with van der Waals surface area (Å²) in [4.78, 5) is 23.0. The Morgan fingerprint density at radius 3 is 2.42 bits per heavy atom. The number of nitrogens with two attached hydrogens (primary N) is 2. The highest BCUT2D eigenvalue weighted by atomic mass is 16.5. The molecule has 1 atom stereocenters. The third kappa shape index (κ3) is 3.69. The smallest absolute Gasteiger partial charge is 0.248 e. The minimum absolute atomic E-state index is 0.00492. The van der Waals surface area contributed by atoms with Gasteiger partial charge in [0.2, 0.25) is 11.8 Å². The molecule has 0 saturated heterocycles. The van der Waals surface area contributed by atoms with Crippen LogP contribution in [0.5, 0.6) is 5.75 Å². The van der Waals surface area contributed by atoms with E-state index in [0.29, 0.717) is 11.4 Å². The van der Waals surface area contributed by atoms with Gasteiger partial charge in [-0.15, -0.1) is 0 Å². The summed E-state index contributed by atoms with van der Waals surface area (Å²) in [7, 11) is 1.47. The van der Waals surface area contributed by atoms with E-state index in [2.05, 4.69) is 5.32 Å². The largest absolute Gasteiger partial charge is 0.495 e. The zero-order valence-corrected chi connectivity index (χ0v) is 11.3. The third-order valence-electron chi connectivity index (χ3n) is 2.76. The third-order valence-corrected chi connectivity index (χ3v) is 2.76. The van der Waals surface area contributed by atoms with Crippen molar-refractivity contribution in [2.45, 2.75) is 19.9 Å². The minimum atomic E-state index is -0.637. The Balaban J connectivity index is 3.01. The summed E-state index contributed by atoms with van der Waals surface area (Å²) in [6.45, 7) is 3.70. The summed E-state index contributed by atoms with van der Waals surface area (Å²) in [5, 5.41) is 2.64. The van der Waals surface area contributed by atoms with Crippen LogP contribution in [0.15, 0.2) is 18.2 Å². The van der Waals surface area contributed by atoms with E-state index in [1.54, 1.807) is 6.07 Å². The van der Waals surface area contributed by atoms with Crippen molar-refractivity contribution in [2.24, 2.45) is 17.4 Å². The number of benzene rings is 1. The fourth-order valence-electron chi connectivity index (χ4n) is 1.48. The van der Waals surface area contributed by atoms with Crippen molar-refractivity contribution in [3.63, 3.8) is 0 Å². The van der Waals surface area contributed by atoms with Gasteiger partial charge in [0.15, 0.2) is 0 Å². The molecule has 0 aliphatic rings. The number of anilines is 1. The molecular weight excluding hydrogens is 246 g/mol. The Bertz CT molecular complexity index is 486. The molecule has 0 spiro atoms. The Hall–Kier alpha value is -2.08. The van der Waals surface area contributed by atoms with E-state index in [9.17, 15) is 9.59 Å². The molecule has 0 bridgehead atoms. The zero-order chi connectivity index (χ0) is 14.6. The van der Waals surface area contributed by atoms with Crippen LogP contribution in [0.4, 0.5) is 5.69 Å². The van der Waals surface area contributed by atoms with Crippen LogP contribution in [0.1, 0.15) is 24.2 Å². The van der Waals surface area contributed by atoms with Crippen LogP contribution in [0.25, 0.3) is 0 Å². The lowest BCUT2D eigenvalue weighted by Gasteiger charge is -2.17. The van der Waals surface area contributed by atoms with Gasteiger partial charge in [-0.2, -0.15) is 0 Å². The molecule has 0 aromatic heterocycles. The first-order valence-corrected chi connectivity index (χ1v) is 5.91. The molecular formula is C13H19N3O3. The van der Waals surface area contributed by atoms with E-state index in [0.717, 1.165) is 0 Å². The Morgan fingerprint density at radius 1 is 1.32 bits per heavy atom. The van der Waals surface area contributed by atoms with Crippen LogP contribution in [-0.2, 0) is 4.79 Å². The summed E-state index contributed by atoms with van der Waals surface area (Å²) in [6, 6.07) is 3.92. The van der Waals surface area contributed by atoms with E-state index in [4.69, 9.17) is 16.2 Å². The van der Waals surface area contributed by atoms with Gasteiger partial charge in [0, 0.05) is 5.56 Å². The predicted octanol–water partition coefficient (Wildman–Crippen LogP) is 0.716. The van der Waals surface area contributed by atoms with Crippen molar-refractivity contribution in [3.05, 3.63) is 23.8 Å². The molecule has 6 heteroatoms. The van der Waals surface area contributed by atoms with Crippen molar-refractivity contribution >= 4 is 17.5 Å². The fourth-order valence-corrected chi connectivity index (χ4v) is 1.48. The number of amides is 2. The Morgan fingerprint density at radius 2 is 1.95 bits per heavy atom. The molecule has 1 aromatic rings. The number of carbonyl (C=O) groups excluding carboxylic acids is 2. The van der Waals surface area contributed by atoms with Crippen LogP contribution in [0, 0.1) is 5.92 Å². The van der Waals surface area contributed by atoms with Crippen LogP contribution in [-0.4, -0.2) is 25.0 Å². The maximum atomic E-state index is 11.9. The van der Waals surface area contributed by atoms with E-state index in [-0.39, 0.29) is 17.4 Å². The highest BCUT2D eigenvalue weighted by molar-refractivity contribution is 5.99. The van der Waals surface area contributed by atoms with E-state index >= 15 is 0 Å². The molecule has 0 unspecified atom stereocenters. The zero-order valence-electron chi connectivity index (χ0n) is 11.3. The Kier molecular flexibility index (Phi) is 4.88. The van der Waals surface area contributed by atoms with Gasteiger partial charge in [0.05, 0.1) is 18.8 Å². The first-order chi connectivity index (χ1) is 8.86. The van der Waals surface area contributed by atoms with Gasteiger partial charge < -0.3 is 21.5 Å². The van der Waals surface area contributed by atoms with Crippen LogP contribution >= 0.6 is 0 Å². The maximum Gasteiger partial charge on any atom is 0.248 e. The predicted molar refractivity (Wildman–Crippen MR) is 73.0 cm³/mol. The number of hydrogen-bond acceptors (Lipinski definition) is 4. The summed E-state index contributed by atoms with van der Waals surface area (Å²) in [6.07, 6.45) is 0. The lowest BCUT2D eigenvalue weighted by Crippen LogP contribution is -2.39. The highest BCUT2D eigenvalue weighted by Gasteiger charge is 2.19. The van der Waals surface area contributed by atoms with E-state index in [1.165, 1.54) is 19.2 Å². The van der Waals surface area contributed by atoms with Crippen molar-refractivity contribution < 1.29 is 14.3 Å². The molecule has 5 N–H and O–H groups in total. The number of ether oxygens (including phenoxy) is 1. The van der Waals surface area contributed by atoms with Crippen molar-refractivity contribution in [1.29, 1.82) is 0 Å². The van der Waals surface area contributed by atoms with Gasteiger partial charge in [0.25, 0.3) is 0 Å². The van der Waals surface area contributed by atoms with Gasteiger partial charge >= 0.3 is 0 Å². The van der Waals surface area contributed by atoms with Gasteiger partial charge in [-0.25, -0.2) is 0 Å². The molecule has 0 radical (unpaired) electrons. The van der Waals surface area contributed by atoms with E-state index < -0.39 is 11.9 Å². The molecule has 0 saturated carbocycles. The molecule has 1 aromatic carbocycles. The van der Waals surface area contributed by atoms with Crippen molar-refractivity contribution in [1.82, 2.24) is 0 Å². The monoisotopic (exact) mass is 265 g/mol. The van der Waals surface area contributed by atoms with Crippen LogP contribution in [0.2, 0.25) is 0 Å². The molecule has 1 rings (SSSR count). The van der Waals surface area contributed by atoms with Crippen LogP contribution < -0.4 is 21.5 Å². The molecule has 104 valence electrons. The van der Waals surface area contributed by atoms with Gasteiger partial charge in [0.1, 0.15) is 5.75 Å². The number of hydrogen-bond donors (Lipinski definition) is 3. The molecule has 2 amide bonds. The average molecular weight is 265 g/mol. The molecule has 0 fully saturated rings. The SMILES string of the molecule is COc1ccc(C(N)=O)cc1NC(=O)[C@H](N)C(C)C. The first kappa shape index (κ1) is 15.0. The molecule has 19 heavy (non-hydrogen) atoms. The van der Waals surface area contributed by atoms with Gasteiger partial charge in [-0.3, -0.25) is 9.59 Å². The second-order valence-corrected chi connectivity index (χ2v) is 4.54.